The van der Waals surface area contributed by atoms with Crippen LogP contribution in [0.25, 0.3) is 0 Å². The van der Waals surface area contributed by atoms with Crippen LogP contribution >= 0.6 is 0 Å². The number of nitro groups is 1. The third-order valence-corrected chi connectivity index (χ3v) is 6.71. The molecule has 2 aromatic carbocycles. The molecular weight excluding hydrogens is 402 g/mol. The summed E-state index contributed by atoms with van der Waals surface area (Å²) >= 11 is 0. The molecule has 2 bridgehead atoms. The van der Waals surface area contributed by atoms with E-state index in [4.69, 9.17) is 9.57 Å². The molecule has 0 N–H and O–H groups in total. The lowest BCUT2D eigenvalue weighted by Gasteiger charge is -2.26. The number of non-ortho nitro benzene ring substituents is 1. The molecule has 2 aromatic rings. The zero-order valence-corrected chi connectivity index (χ0v) is 16.4. The number of fused-ring (bicyclic) bond motifs is 8. The second-order valence-corrected chi connectivity index (χ2v) is 8.34. The van der Waals surface area contributed by atoms with Crippen LogP contribution in [0.15, 0.2) is 53.7 Å². The van der Waals surface area contributed by atoms with Gasteiger partial charge in [-0.1, -0.05) is 22.9 Å². The molecule has 9 nitrogen and oxygen atoms in total. The van der Waals surface area contributed by atoms with Gasteiger partial charge in [-0.3, -0.25) is 19.7 Å². The van der Waals surface area contributed by atoms with Crippen molar-refractivity contribution in [1.82, 2.24) is 0 Å². The number of oxime groups is 1. The van der Waals surface area contributed by atoms with E-state index < -0.39 is 35.1 Å². The summed E-state index contributed by atoms with van der Waals surface area (Å²) in [5.74, 6) is -2.02. The quantitative estimate of drug-likeness (QED) is 0.428. The fourth-order valence-corrected chi connectivity index (χ4v) is 5.30. The van der Waals surface area contributed by atoms with Gasteiger partial charge in [-0.2, -0.15) is 0 Å². The van der Waals surface area contributed by atoms with Gasteiger partial charge in [-0.05, 0) is 31.2 Å². The highest BCUT2D eigenvalue weighted by atomic mass is 16.7. The fraction of sp³-hybridized carbons (Fsp3) is 0.318. The number of rotatable bonds is 3. The van der Waals surface area contributed by atoms with Crippen LogP contribution in [-0.2, 0) is 19.2 Å². The summed E-state index contributed by atoms with van der Waals surface area (Å²) < 4.78 is 6.08. The molecule has 3 saturated heterocycles. The summed E-state index contributed by atoms with van der Waals surface area (Å²) in [6.45, 7) is 1.94. The number of amides is 2. The first kappa shape index (κ1) is 18.2. The Labute approximate surface area is 176 Å². The molecule has 0 aromatic heterocycles. The van der Waals surface area contributed by atoms with Gasteiger partial charge < -0.3 is 9.57 Å². The lowest BCUT2D eigenvalue weighted by Crippen LogP contribution is -2.45. The number of nitrogens with zero attached hydrogens (tertiary/aromatic N) is 3. The van der Waals surface area contributed by atoms with E-state index in [0.717, 1.165) is 5.56 Å². The molecule has 9 heteroatoms. The van der Waals surface area contributed by atoms with Crippen LogP contribution in [0.2, 0.25) is 0 Å². The molecule has 0 spiro atoms. The van der Waals surface area contributed by atoms with E-state index >= 15 is 0 Å². The number of benzene rings is 2. The monoisotopic (exact) mass is 419 g/mol. The lowest BCUT2D eigenvalue weighted by atomic mass is 9.71. The third kappa shape index (κ3) is 2.37. The van der Waals surface area contributed by atoms with Crippen LogP contribution < -0.4 is 4.90 Å². The Morgan fingerprint density at radius 1 is 0.903 bits per heavy atom. The second-order valence-electron chi connectivity index (χ2n) is 8.34. The van der Waals surface area contributed by atoms with E-state index in [0.29, 0.717) is 17.0 Å². The predicted molar refractivity (Wildman–Crippen MR) is 107 cm³/mol. The number of ether oxygens (including phenoxy) is 1. The Kier molecular flexibility index (Phi) is 3.64. The van der Waals surface area contributed by atoms with Crippen LogP contribution in [0.3, 0.4) is 0 Å². The maximum absolute atomic E-state index is 13.3. The summed E-state index contributed by atoms with van der Waals surface area (Å²) in [7, 11) is 0. The van der Waals surface area contributed by atoms with Crippen LogP contribution in [0, 0.1) is 34.8 Å². The molecule has 6 rings (SSSR count). The van der Waals surface area contributed by atoms with Gasteiger partial charge in [0.2, 0.25) is 11.8 Å². The number of imide groups is 1. The van der Waals surface area contributed by atoms with Crippen molar-refractivity contribution in [3.8, 4) is 0 Å². The number of anilines is 1. The largest absolute Gasteiger partial charge is 0.389 e. The van der Waals surface area contributed by atoms with Gasteiger partial charge >= 0.3 is 0 Å². The molecular formula is C22H17N3O6. The maximum atomic E-state index is 13.3. The van der Waals surface area contributed by atoms with Crippen molar-refractivity contribution >= 4 is 28.9 Å². The highest BCUT2D eigenvalue weighted by molar-refractivity contribution is 6.23. The molecule has 0 aliphatic carbocycles. The predicted octanol–water partition coefficient (Wildman–Crippen LogP) is 2.21. The molecule has 4 aliphatic heterocycles. The van der Waals surface area contributed by atoms with E-state index in [1.807, 2.05) is 19.1 Å². The Morgan fingerprint density at radius 3 is 2.19 bits per heavy atom. The van der Waals surface area contributed by atoms with E-state index in [1.54, 1.807) is 24.3 Å². The van der Waals surface area contributed by atoms with E-state index in [9.17, 15) is 19.7 Å². The van der Waals surface area contributed by atoms with Crippen molar-refractivity contribution in [1.29, 1.82) is 0 Å². The Morgan fingerprint density at radius 2 is 1.55 bits per heavy atom. The Hall–Kier alpha value is -3.59. The number of hydrogen-bond acceptors (Lipinski definition) is 7. The highest BCUT2D eigenvalue weighted by Crippen LogP contribution is 2.55. The van der Waals surface area contributed by atoms with Crippen molar-refractivity contribution in [3.63, 3.8) is 0 Å². The molecule has 31 heavy (non-hydrogen) atoms. The van der Waals surface area contributed by atoms with E-state index in [-0.39, 0.29) is 23.4 Å². The van der Waals surface area contributed by atoms with Gasteiger partial charge in [0, 0.05) is 17.7 Å². The number of carbonyl (C=O) groups excluding carboxylic acids is 2. The van der Waals surface area contributed by atoms with Crippen molar-refractivity contribution < 1.29 is 24.1 Å². The Bertz CT molecular complexity index is 1160. The lowest BCUT2D eigenvalue weighted by molar-refractivity contribution is -0.384. The van der Waals surface area contributed by atoms with Crippen molar-refractivity contribution in [2.24, 2.45) is 22.9 Å². The minimum absolute atomic E-state index is 0.0191. The molecule has 0 saturated carbocycles. The molecule has 2 amide bonds. The van der Waals surface area contributed by atoms with Gasteiger partial charge in [0.1, 0.15) is 6.10 Å². The topological polar surface area (TPSA) is 111 Å². The first-order valence-corrected chi connectivity index (χ1v) is 10.0. The van der Waals surface area contributed by atoms with Gasteiger partial charge in [-0.15, -0.1) is 0 Å². The highest BCUT2D eigenvalue weighted by Gasteiger charge is 2.72. The minimum Gasteiger partial charge on any atom is -0.389 e. The average molecular weight is 419 g/mol. The summed E-state index contributed by atoms with van der Waals surface area (Å²) in [5, 5.41) is 15.1. The zero-order chi connectivity index (χ0) is 21.4. The van der Waals surface area contributed by atoms with Crippen LogP contribution in [0.5, 0.6) is 0 Å². The number of aryl methyl sites for hydroxylation is 1. The van der Waals surface area contributed by atoms with Gasteiger partial charge in [0.25, 0.3) is 5.69 Å². The average Bonchev–Trinajstić information content (AvgIpc) is 3.49. The first-order valence-electron chi connectivity index (χ1n) is 10.0. The third-order valence-electron chi connectivity index (χ3n) is 6.71. The Balaban J connectivity index is 1.32. The molecule has 6 atom stereocenters. The van der Waals surface area contributed by atoms with Crippen LogP contribution in [0.4, 0.5) is 11.4 Å². The van der Waals surface area contributed by atoms with Crippen molar-refractivity contribution in [2.45, 2.75) is 25.2 Å². The van der Waals surface area contributed by atoms with Crippen LogP contribution in [-0.4, -0.2) is 40.8 Å². The van der Waals surface area contributed by atoms with Gasteiger partial charge in [-0.25, -0.2) is 4.90 Å². The van der Waals surface area contributed by atoms with Gasteiger partial charge in [0.15, 0.2) is 6.10 Å². The molecule has 4 aliphatic rings. The summed E-state index contributed by atoms with van der Waals surface area (Å²) in [6, 6.07) is 13.3. The van der Waals surface area contributed by atoms with Crippen molar-refractivity contribution in [2.75, 3.05) is 4.90 Å². The van der Waals surface area contributed by atoms with E-state index in [2.05, 4.69) is 5.16 Å². The number of carbonyl (C=O) groups is 2. The second kappa shape index (κ2) is 6.21. The smallest absolute Gasteiger partial charge is 0.269 e. The zero-order valence-electron chi connectivity index (χ0n) is 16.4. The van der Waals surface area contributed by atoms with Gasteiger partial charge in [0.05, 0.1) is 40.2 Å². The van der Waals surface area contributed by atoms with E-state index in [1.165, 1.54) is 17.0 Å². The fourth-order valence-electron chi connectivity index (χ4n) is 5.30. The standard InChI is InChI=1S/C22H17N3O6/c1-10-2-6-12(7-3-10)24-21(26)14-15(22(24)27)19-20-16(18(14)30-19)17(23-31-20)11-4-8-13(9-5-11)25(28)29/h2-9,14-16,18-20H,1H3/t14-,15+,16-,18-,19-,20-/m0/s1. The normalized spacial score (nSPS) is 32.7. The molecule has 0 radical (unpaired) electrons. The van der Waals surface area contributed by atoms with Crippen molar-refractivity contribution in [3.05, 3.63) is 69.8 Å². The van der Waals surface area contributed by atoms with Crippen LogP contribution in [0.1, 0.15) is 11.1 Å². The minimum atomic E-state index is -0.593. The number of nitro benzene ring substituents is 1. The SMILES string of the molecule is Cc1ccc(N2C(=O)[C@@H]3[C@@H]4O[C@H]([C@H]5ON=C(c6ccc([N+](=O)[O-])cc6)[C@H]54)[C@@H]3C2=O)cc1. The molecule has 4 heterocycles. The number of hydrogen-bond donors (Lipinski definition) is 0. The summed E-state index contributed by atoms with van der Waals surface area (Å²) in [5.41, 5.74) is 2.86. The molecule has 0 unspecified atom stereocenters. The summed E-state index contributed by atoms with van der Waals surface area (Å²) in [4.78, 5) is 43.9. The molecule has 156 valence electrons. The first-order chi connectivity index (χ1) is 15.0. The maximum Gasteiger partial charge on any atom is 0.269 e. The molecule has 3 fully saturated rings. The summed E-state index contributed by atoms with van der Waals surface area (Å²) in [6.07, 6.45) is -1.53.